The van der Waals surface area contributed by atoms with E-state index in [0.29, 0.717) is 11.4 Å². The number of carbonyl (C=O) groups is 1. The second-order valence-electron chi connectivity index (χ2n) is 8.66. The van der Waals surface area contributed by atoms with Crippen LogP contribution in [0.1, 0.15) is 11.3 Å². The minimum Gasteiger partial charge on any atom is -0.437 e. The molecule has 0 radical (unpaired) electrons. The van der Waals surface area contributed by atoms with Gasteiger partial charge < -0.3 is 10.1 Å². The number of hydrogen-bond donors (Lipinski definition) is 1. The number of nitrogens with zero attached hydrogens (tertiary/aromatic N) is 5. The summed E-state index contributed by atoms with van der Waals surface area (Å²) in [4.78, 5) is 44.3. The van der Waals surface area contributed by atoms with Crippen molar-refractivity contribution < 1.29 is 9.53 Å². The third kappa shape index (κ3) is 4.77. The van der Waals surface area contributed by atoms with E-state index in [4.69, 9.17) is 16.3 Å². The van der Waals surface area contributed by atoms with Crippen LogP contribution in [0.4, 0.5) is 5.69 Å². The van der Waals surface area contributed by atoms with Crippen LogP contribution in [0.15, 0.2) is 94.2 Å². The van der Waals surface area contributed by atoms with Gasteiger partial charge in [-0.25, -0.2) is 4.68 Å². The van der Waals surface area contributed by atoms with E-state index in [1.807, 2.05) is 12.1 Å². The minimum atomic E-state index is -0.880. The Bertz CT molecular complexity index is 1970. The maximum Gasteiger partial charge on any atom is 0.295 e. The first-order valence-corrected chi connectivity index (χ1v) is 12.4. The molecule has 1 amide bonds. The largest absolute Gasteiger partial charge is 0.437 e. The Morgan fingerprint density at radius 1 is 1.02 bits per heavy atom. The number of para-hydroxylation sites is 2. The van der Waals surface area contributed by atoms with E-state index in [2.05, 4.69) is 10.3 Å². The number of amides is 1. The smallest absolute Gasteiger partial charge is 0.295 e. The number of aromatic nitrogens is 4. The summed E-state index contributed by atoms with van der Waals surface area (Å²) in [6.45, 7) is 1.67. The zero-order valence-corrected chi connectivity index (χ0v) is 22.1. The van der Waals surface area contributed by atoms with Crippen LogP contribution in [-0.2, 0) is 11.8 Å². The lowest BCUT2D eigenvalue weighted by atomic mass is 10.1. The van der Waals surface area contributed by atoms with Crippen molar-refractivity contribution in [1.29, 1.82) is 5.26 Å². The molecular formula is C29H21ClN6O4. The fourth-order valence-corrected chi connectivity index (χ4v) is 4.28. The lowest BCUT2D eigenvalue weighted by Gasteiger charge is -2.11. The van der Waals surface area contributed by atoms with E-state index in [0.717, 1.165) is 6.08 Å². The molecule has 0 fully saturated rings. The van der Waals surface area contributed by atoms with Crippen molar-refractivity contribution in [3.05, 3.63) is 122 Å². The van der Waals surface area contributed by atoms with Crippen LogP contribution in [-0.4, -0.2) is 24.7 Å². The Kier molecular flexibility index (Phi) is 7.05. The van der Waals surface area contributed by atoms with Crippen LogP contribution >= 0.6 is 11.6 Å². The highest BCUT2D eigenvalue weighted by Gasteiger charge is 2.22. The molecule has 0 aliphatic heterocycles. The van der Waals surface area contributed by atoms with Gasteiger partial charge in [0, 0.05) is 13.2 Å². The van der Waals surface area contributed by atoms with Gasteiger partial charge >= 0.3 is 0 Å². The maximum atomic E-state index is 13.4. The maximum absolute atomic E-state index is 13.4. The van der Waals surface area contributed by atoms with Crippen LogP contribution in [0.2, 0.25) is 5.02 Å². The summed E-state index contributed by atoms with van der Waals surface area (Å²) in [6, 6.07) is 22.3. The fraction of sp³-hybridized carbons (Fsp3) is 0.0690. The standard InChI is InChI=1S/C29H21ClN6O4/c1-18-25(29(39)36(34(18)2)20-10-4-3-5-11-20)33-26(37)19(17-31)16-21-27(40-23-13-7-6-12-22(23)30)32-24-14-8-9-15-35(24)28(21)38/h3-16H,1-2H3,(H,33,37)/b19-16+. The Labute approximate surface area is 232 Å². The number of anilines is 1. The third-order valence-corrected chi connectivity index (χ3v) is 6.54. The van der Waals surface area contributed by atoms with Crippen LogP contribution in [0.5, 0.6) is 11.6 Å². The van der Waals surface area contributed by atoms with Crippen LogP contribution < -0.4 is 21.2 Å². The summed E-state index contributed by atoms with van der Waals surface area (Å²) in [7, 11) is 1.68. The molecule has 3 heterocycles. The van der Waals surface area contributed by atoms with Gasteiger partial charge in [0.05, 0.1) is 16.4 Å². The first-order chi connectivity index (χ1) is 19.3. The second kappa shape index (κ2) is 10.8. The average Bonchev–Trinajstić information content (AvgIpc) is 3.17. The molecule has 3 aromatic heterocycles. The zero-order valence-electron chi connectivity index (χ0n) is 21.3. The molecule has 5 rings (SSSR count). The highest BCUT2D eigenvalue weighted by Crippen LogP contribution is 2.30. The summed E-state index contributed by atoms with van der Waals surface area (Å²) >= 11 is 6.25. The van der Waals surface area contributed by atoms with E-state index in [9.17, 15) is 19.6 Å². The van der Waals surface area contributed by atoms with Crippen LogP contribution in [0, 0.1) is 18.3 Å². The molecule has 0 spiro atoms. The van der Waals surface area contributed by atoms with Gasteiger partial charge in [-0.1, -0.05) is 48.0 Å². The third-order valence-electron chi connectivity index (χ3n) is 6.22. The number of pyridine rings is 1. The second-order valence-corrected chi connectivity index (χ2v) is 9.06. The molecule has 11 heteroatoms. The van der Waals surface area contributed by atoms with Gasteiger partial charge in [0.1, 0.15) is 34.3 Å². The Morgan fingerprint density at radius 3 is 2.45 bits per heavy atom. The first-order valence-electron chi connectivity index (χ1n) is 12.0. The number of nitriles is 1. The van der Waals surface area contributed by atoms with Gasteiger partial charge in [-0.3, -0.25) is 23.5 Å². The van der Waals surface area contributed by atoms with Crippen molar-refractivity contribution in [1.82, 2.24) is 18.7 Å². The highest BCUT2D eigenvalue weighted by atomic mass is 35.5. The van der Waals surface area contributed by atoms with Gasteiger partial charge in [0.15, 0.2) is 0 Å². The molecule has 40 heavy (non-hydrogen) atoms. The van der Waals surface area contributed by atoms with Gasteiger partial charge in [-0.15, -0.1) is 0 Å². The molecule has 0 aliphatic carbocycles. The minimum absolute atomic E-state index is 0.00148. The number of benzene rings is 2. The summed E-state index contributed by atoms with van der Waals surface area (Å²) in [5.74, 6) is -0.794. The number of hydrogen-bond acceptors (Lipinski definition) is 6. The number of fused-ring (bicyclic) bond motifs is 1. The fourth-order valence-electron chi connectivity index (χ4n) is 4.10. The highest BCUT2D eigenvalue weighted by molar-refractivity contribution is 6.32. The average molecular weight is 553 g/mol. The van der Waals surface area contributed by atoms with Crippen molar-refractivity contribution in [3.63, 3.8) is 0 Å². The number of halogens is 1. The molecule has 5 aromatic rings. The summed E-state index contributed by atoms with van der Waals surface area (Å²) < 4.78 is 10.1. The van der Waals surface area contributed by atoms with E-state index in [-0.39, 0.29) is 33.6 Å². The Morgan fingerprint density at radius 2 is 1.73 bits per heavy atom. The van der Waals surface area contributed by atoms with Crippen molar-refractivity contribution in [2.24, 2.45) is 7.05 Å². The van der Waals surface area contributed by atoms with E-state index < -0.39 is 22.6 Å². The molecular weight excluding hydrogens is 532 g/mol. The quantitative estimate of drug-likeness (QED) is 0.245. The van der Waals surface area contributed by atoms with E-state index >= 15 is 0 Å². The monoisotopic (exact) mass is 552 g/mol. The lowest BCUT2D eigenvalue weighted by Crippen LogP contribution is -2.24. The molecule has 0 saturated heterocycles. The summed E-state index contributed by atoms with van der Waals surface area (Å²) in [5, 5.41) is 12.7. The first kappa shape index (κ1) is 26.2. The van der Waals surface area contributed by atoms with Gasteiger partial charge in [-0.2, -0.15) is 10.2 Å². The number of rotatable bonds is 6. The molecule has 0 atom stereocenters. The Balaban J connectivity index is 1.58. The van der Waals surface area contributed by atoms with Gasteiger partial charge in [0.2, 0.25) is 5.88 Å². The van der Waals surface area contributed by atoms with Crippen molar-refractivity contribution in [2.45, 2.75) is 6.92 Å². The van der Waals surface area contributed by atoms with Gasteiger partial charge in [-0.05, 0) is 49.4 Å². The molecule has 2 aromatic carbocycles. The predicted octanol–water partition coefficient (Wildman–Crippen LogP) is 4.48. The van der Waals surface area contributed by atoms with Crippen molar-refractivity contribution in [3.8, 4) is 23.4 Å². The van der Waals surface area contributed by atoms with Crippen LogP contribution in [0.25, 0.3) is 17.4 Å². The molecule has 0 bridgehead atoms. The van der Waals surface area contributed by atoms with Crippen molar-refractivity contribution >= 4 is 34.9 Å². The van der Waals surface area contributed by atoms with Gasteiger partial charge in [0.25, 0.3) is 17.0 Å². The summed E-state index contributed by atoms with van der Waals surface area (Å²) in [5.41, 5.74) is -0.285. The van der Waals surface area contributed by atoms with Crippen LogP contribution in [0.3, 0.4) is 0 Å². The van der Waals surface area contributed by atoms with E-state index in [1.54, 1.807) is 85.4 Å². The number of carbonyl (C=O) groups excluding carboxylic acids is 1. The topological polar surface area (TPSA) is 123 Å². The molecule has 0 saturated carbocycles. The van der Waals surface area contributed by atoms with Crippen molar-refractivity contribution in [2.75, 3.05) is 5.32 Å². The number of ether oxygens (including phenoxy) is 1. The van der Waals surface area contributed by atoms with E-state index in [1.165, 1.54) is 15.3 Å². The number of nitrogens with one attached hydrogen (secondary N) is 1. The lowest BCUT2D eigenvalue weighted by molar-refractivity contribution is -0.112. The molecule has 1 N–H and O–H groups in total. The molecule has 198 valence electrons. The summed E-state index contributed by atoms with van der Waals surface area (Å²) in [6.07, 6.45) is 2.59. The molecule has 0 aliphatic rings. The predicted molar refractivity (Wildman–Crippen MR) is 151 cm³/mol. The normalized spacial score (nSPS) is 11.3. The molecule has 10 nitrogen and oxygen atoms in total. The SMILES string of the molecule is Cc1c(NC(=O)/C(C#N)=C/c2c(Oc3ccccc3Cl)nc3ccccn3c2=O)c(=O)n(-c2ccccc2)n1C. The Hall–Kier alpha value is -5.40. The molecule has 0 unspecified atom stereocenters. The zero-order chi connectivity index (χ0) is 28.4.